The lowest BCUT2D eigenvalue weighted by atomic mass is 9.93. The molecule has 1 aliphatic heterocycles. The number of rotatable bonds is 9. The number of carboxylic acid groups (broad SMARTS) is 1. The van der Waals surface area contributed by atoms with Crippen molar-refractivity contribution in [1.29, 1.82) is 0 Å². The maximum Gasteiger partial charge on any atom is 0.326 e. The minimum atomic E-state index is -4.14. The average molecular weight is 569 g/mol. The molecule has 41 heavy (non-hydrogen) atoms. The predicted molar refractivity (Wildman–Crippen MR) is 159 cm³/mol. The molecule has 0 unspecified atom stereocenters. The van der Waals surface area contributed by atoms with Crippen molar-refractivity contribution in [3.63, 3.8) is 0 Å². The van der Waals surface area contributed by atoms with Gasteiger partial charge >= 0.3 is 5.97 Å². The van der Waals surface area contributed by atoms with Crippen molar-refractivity contribution in [3.05, 3.63) is 121 Å². The van der Waals surface area contributed by atoms with E-state index in [2.05, 4.69) is 10.2 Å². The lowest BCUT2D eigenvalue weighted by molar-refractivity contribution is -0.142. The molecule has 0 bridgehead atoms. The summed E-state index contributed by atoms with van der Waals surface area (Å²) >= 11 is 0. The molecule has 1 saturated heterocycles. The van der Waals surface area contributed by atoms with Gasteiger partial charge in [-0.3, -0.25) is 4.79 Å². The Balaban J connectivity index is 1.40. The van der Waals surface area contributed by atoms with Gasteiger partial charge in [0.1, 0.15) is 6.04 Å². The fourth-order valence-corrected chi connectivity index (χ4v) is 7.39. The van der Waals surface area contributed by atoms with E-state index in [9.17, 15) is 23.1 Å². The van der Waals surface area contributed by atoms with E-state index >= 15 is 0 Å². The van der Waals surface area contributed by atoms with Gasteiger partial charge in [0.05, 0.1) is 4.90 Å². The highest BCUT2D eigenvalue weighted by molar-refractivity contribution is 7.93. The number of piperidine rings is 1. The number of nitrogens with zero attached hydrogens (tertiary/aromatic N) is 1. The molecule has 1 fully saturated rings. The molecule has 5 rings (SSSR count). The fraction of sp³-hybridized carbons (Fsp3) is 0.212. The van der Waals surface area contributed by atoms with Crippen molar-refractivity contribution in [1.82, 2.24) is 5.32 Å². The topological polar surface area (TPSA) is 104 Å². The summed E-state index contributed by atoms with van der Waals surface area (Å²) in [5.41, 5.74) is 3.69. The van der Waals surface area contributed by atoms with Gasteiger partial charge in [-0.05, 0) is 53.8 Å². The molecule has 1 atom stereocenters. The van der Waals surface area contributed by atoms with E-state index < -0.39 is 32.5 Å². The maximum atomic E-state index is 14.0. The van der Waals surface area contributed by atoms with Crippen molar-refractivity contribution >= 4 is 27.4 Å². The second-order valence-electron chi connectivity index (χ2n) is 10.3. The number of carboxylic acids is 1. The molecule has 8 heteroatoms. The summed E-state index contributed by atoms with van der Waals surface area (Å²) in [7, 11) is -4.14. The quantitative estimate of drug-likeness (QED) is 0.295. The summed E-state index contributed by atoms with van der Waals surface area (Å²) in [4.78, 5) is 28.4. The monoisotopic (exact) mass is 568 g/mol. The van der Waals surface area contributed by atoms with Crippen LogP contribution in [0, 0.1) is 0 Å². The Morgan fingerprint density at radius 3 is 1.83 bits per heavy atom. The van der Waals surface area contributed by atoms with Gasteiger partial charge in [0.15, 0.2) is 14.6 Å². The molecule has 0 saturated carbocycles. The Hall–Kier alpha value is -4.43. The molecule has 1 heterocycles. The molecule has 4 aromatic carbocycles. The molecule has 4 aromatic rings. The Morgan fingerprint density at radius 1 is 0.756 bits per heavy atom. The molecule has 0 spiro atoms. The Kier molecular flexibility index (Phi) is 8.21. The van der Waals surface area contributed by atoms with E-state index in [1.54, 1.807) is 18.2 Å². The molecule has 0 aliphatic carbocycles. The summed E-state index contributed by atoms with van der Waals surface area (Å²) in [6, 6.07) is 33.6. The highest BCUT2D eigenvalue weighted by Crippen LogP contribution is 2.37. The smallest absolute Gasteiger partial charge is 0.326 e. The van der Waals surface area contributed by atoms with E-state index in [4.69, 9.17) is 0 Å². The van der Waals surface area contributed by atoms with Gasteiger partial charge in [0.2, 0.25) is 5.91 Å². The molecule has 2 N–H and O–H groups in total. The highest BCUT2D eigenvalue weighted by Gasteiger charge is 2.53. The van der Waals surface area contributed by atoms with E-state index in [0.29, 0.717) is 13.1 Å². The van der Waals surface area contributed by atoms with Crippen molar-refractivity contribution in [2.75, 3.05) is 18.0 Å². The standard InChI is InChI=1S/C33H32N2O5S/c36-31(37)30(24-25-16-18-27(19-17-25)26-10-4-1-5-11-26)34-32(38)33(41(39,40)29-14-8-3-9-15-29)20-22-35(23-21-33)28-12-6-2-7-13-28/h1-19,30H,20-24H2,(H,34,38)(H,36,37)/t30-/m0/s1. The number of benzene rings is 4. The van der Waals surface area contributed by atoms with E-state index in [1.165, 1.54) is 12.1 Å². The molecule has 1 aliphatic rings. The number of amides is 1. The number of hydrogen-bond acceptors (Lipinski definition) is 5. The van der Waals surface area contributed by atoms with Crippen LogP contribution in [0.4, 0.5) is 5.69 Å². The van der Waals surface area contributed by atoms with Crippen LogP contribution in [0.5, 0.6) is 0 Å². The third-order valence-electron chi connectivity index (χ3n) is 7.78. The molecule has 210 valence electrons. The normalized spacial score (nSPS) is 15.6. The number of hydrogen-bond donors (Lipinski definition) is 2. The van der Waals surface area contributed by atoms with Crippen molar-refractivity contribution in [3.8, 4) is 11.1 Å². The number of para-hydroxylation sites is 1. The average Bonchev–Trinajstić information content (AvgIpc) is 3.02. The van der Waals surface area contributed by atoms with Crippen LogP contribution in [-0.4, -0.2) is 49.3 Å². The second-order valence-corrected chi connectivity index (χ2v) is 12.5. The first kappa shape index (κ1) is 28.1. The predicted octanol–water partition coefficient (Wildman–Crippen LogP) is 4.98. The molecule has 1 amide bonds. The number of anilines is 1. The zero-order valence-electron chi connectivity index (χ0n) is 22.5. The van der Waals surface area contributed by atoms with E-state index in [-0.39, 0.29) is 24.2 Å². The van der Waals surface area contributed by atoms with Crippen LogP contribution in [0.1, 0.15) is 18.4 Å². The zero-order chi connectivity index (χ0) is 28.9. The zero-order valence-corrected chi connectivity index (χ0v) is 23.3. The van der Waals surface area contributed by atoms with Crippen LogP contribution < -0.4 is 10.2 Å². The lowest BCUT2D eigenvalue weighted by Gasteiger charge is -2.41. The summed E-state index contributed by atoms with van der Waals surface area (Å²) in [5, 5.41) is 12.7. The first-order chi connectivity index (χ1) is 19.8. The second kappa shape index (κ2) is 12.0. The van der Waals surface area contributed by atoms with Gasteiger partial charge in [-0.25, -0.2) is 13.2 Å². The van der Waals surface area contributed by atoms with Crippen molar-refractivity contribution in [2.45, 2.75) is 34.9 Å². The van der Waals surface area contributed by atoms with Crippen LogP contribution >= 0.6 is 0 Å². The Morgan fingerprint density at radius 2 is 1.27 bits per heavy atom. The lowest BCUT2D eigenvalue weighted by Crippen LogP contribution is -2.60. The van der Waals surface area contributed by atoms with Crippen LogP contribution in [0.15, 0.2) is 120 Å². The SMILES string of the molecule is O=C(O)[C@H](Cc1ccc(-c2ccccc2)cc1)NC(=O)C1(S(=O)(=O)c2ccccc2)CCN(c2ccccc2)CC1. The van der Waals surface area contributed by atoms with Gasteiger partial charge < -0.3 is 15.3 Å². The minimum absolute atomic E-state index is 0.0216. The molecular formula is C33H32N2O5S. The van der Waals surface area contributed by atoms with Crippen LogP contribution in [-0.2, 0) is 25.8 Å². The van der Waals surface area contributed by atoms with Crippen LogP contribution in [0.2, 0.25) is 0 Å². The summed E-state index contributed by atoms with van der Waals surface area (Å²) in [6.45, 7) is 0.671. The van der Waals surface area contributed by atoms with Crippen molar-refractivity contribution < 1.29 is 23.1 Å². The third kappa shape index (κ3) is 5.88. The third-order valence-corrected chi connectivity index (χ3v) is 10.3. The first-order valence-electron chi connectivity index (χ1n) is 13.6. The minimum Gasteiger partial charge on any atom is -0.480 e. The van der Waals surface area contributed by atoms with E-state index in [1.807, 2.05) is 84.9 Å². The van der Waals surface area contributed by atoms with Gasteiger partial charge in [-0.2, -0.15) is 0 Å². The summed E-state index contributed by atoms with van der Waals surface area (Å²) in [5.74, 6) is -2.00. The molecule has 7 nitrogen and oxygen atoms in total. The van der Waals surface area contributed by atoms with Crippen molar-refractivity contribution in [2.24, 2.45) is 0 Å². The fourth-order valence-electron chi connectivity index (χ4n) is 5.40. The summed E-state index contributed by atoms with van der Waals surface area (Å²) in [6.07, 6.45) is 0.0832. The van der Waals surface area contributed by atoms with E-state index in [0.717, 1.165) is 22.4 Å². The van der Waals surface area contributed by atoms with Gasteiger partial charge in [-0.15, -0.1) is 0 Å². The number of aliphatic carboxylic acids is 1. The first-order valence-corrected chi connectivity index (χ1v) is 15.1. The number of carbonyl (C=O) groups is 2. The molecule has 0 radical (unpaired) electrons. The largest absolute Gasteiger partial charge is 0.480 e. The molecular weight excluding hydrogens is 536 g/mol. The maximum absolute atomic E-state index is 14.0. The van der Waals surface area contributed by atoms with Crippen LogP contribution in [0.25, 0.3) is 11.1 Å². The Bertz CT molecular complexity index is 1580. The van der Waals surface area contributed by atoms with Gasteiger partial charge in [0.25, 0.3) is 0 Å². The summed E-state index contributed by atoms with van der Waals surface area (Å²) < 4.78 is 26.3. The number of sulfone groups is 1. The van der Waals surface area contributed by atoms with Crippen LogP contribution in [0.3, 0.4) is 0 Å². The van der Waals surface area contributed by atoms with Gasteiger partial charge in [0, 0.05) is 25.2 Å². The molecule has 0 aromatic heterocycles. The van der Waals surface area contributed by atoms with Gasteiger partial charge in [-0.1, -0.05) is 91.0 Å². The number of nitrogens with one attached hydrogen (secondary N) is 1. The number of carbonyl (C=O) groups excluding carboxylic acids is 1. The highest BCUT2D eigenvalue weighted by atomic mass is 32.2. The Labute approximate surface area is 240 Å².